The van der Waals surface area contributed by atoms with Gasteiger partial charge in [0.2, 0.25) is 0 Å². The summed E-state index contributed by atoms with van der Waals surface area (Å²) in [6, 6.07) is 17.1. The topological polar surface area (TPSA) is 75.7 Å². The molecular formula is C21H15Cl3N2O4S. The van der Waals surface area contributed by atoms with E-state index >= 15 is 0 Å². The van der Waals surface area contributed by atoms with Gasteiger partial charge < -0.3 is 10.1 Å². The molecule has 160 valence electrons. The monoisotopic (exact) mass is 496 g/mol. The maximum atomic E-state index is 13.3. The Bertz CT molecular complexity index is 1250. The maximum absolute atomic E-state index is 13.3. The van der Waals surface area contributed by atoms with Crippen molar-refractivity contribution in [1.82, 2.24) is 0 Å². The van der Waals surface area contributed by atoms with E-state index in [-0.39, 0.29) is 22.2 Å². The number of carbonyl (C=O) groups is 1. The summed E-state index contributed by atoms with van der Waals surface area (Å²) < 4.78 is 33.6. The predicted molar refractivity (Wildman–Crippen MR) is 122 cm³/mol. The number of benzene rings is 3. The number of hydrogen-bond acceptors (Lipinski definition) is 4. The number of sulfonamides is 1. The standard InChI is InChI=1S/C21H15Cl3N2O4S/c22-13-5-8-15(9-6-13)31(28,29)26-12-20(30-19-4-2-1-3-18(19)26)21(27)25-17-10-7-14(23)11-16(17)24/h1-11,20H,12H2,(H,25,27)/t20-/m1/s1. The Morgan fingerprint density at radius 3 is 2.35 bits per heavy atom. The summed E-state index contributed by atoms with van der Waals surface area (Å²) in [6.45, 7) is -0.223. The molecule has 6 nitrogen and oxygen atoms in total. The lowest BCUT2D eigenvalue weighted by Gasteiger charge is -2.34. The number of nitrogens with zero attached hydrogens (tertiary/aromatic N) is 1. The molecule has 0 saturated heterocycles. The molecule has 0 unspecified atom stereocenters. The molecule has 1 amide bonds. The van der Waals surface area contributed by atoms with Crippen molar-refractivity contribution in [3.63, 3.8) is 0 Å². The number of nitrogens with one attached hydrogen (secondary N) is 1. The van der Waals surface area contributed by atoms with Gasteiger partial charge in [0, 0.05) is 10.0 Å². The third-order valence-corrected chi connectivity index (χ3v) is 7.21. The average Bonchev–Trinajstić information content (AvgIpc) is 2.75. The van der Waals surface area contributed by atoms with Crippen molar-refractivity contribution >= 4 is 62.1 Å². The summed E-state index contributed by atoms with van der Waals surface area (Å²) in [6.07, 6.45) is -1.11. The molecule has 3 aromatic carbocycles. The number of fused-ring (bicyclic) bond motifs is 1. The SMILES string of the molecule is O=C(Nc1ccc(Cl)cc1Cl)[C@H]1CN(S(=O)(=O)c2ccc(Cl)cc2)c2ccccc2O1. The summed E-state index contributed by atoms with van der Waals surface area (Å²) in [5.41, 5.74) is 0.677. The minimum atomic E-state index is -3.97. The Balaban J connectivity index is 1.67. The number of hydrogen-bond donors (Lipinski definition) is 1. The van der Waals surface area contributed by atoms with Gasteiger partial charge in [-0.2, -0.15) is 0 Å². The molecule has 0 aliphatic carbocycles. The Kier molecular flexibility index (Phi) is 6.03. The fourth-order valence-electron chi connectivity index (χ4n) is 3.10. The van der Waals surface area contributed by atoms with E-state index in [1.54, 1.807) is 36.4 Å². The lowest BCUT2D eigenvalue weighted by molar-refractivity contribution is -0.122. The summed E-state index contributed by atoms with van der Waals surface area (Å²) in [5, 5.41) is 3.75. The maximum Gasteiger partial charge on any atom is 0.267 e. The van der Waals surface area contributed by atoms with Crippen LogP contribution < -0.4 is 14.4 Å². The van der Waals surface area contributed by atoms with Gasteiger partial charge in [-0.25, -0.2) is 8.42 Å². The van der Waals surface area contributed by atoms with Gasteiger partial charge in [0.15, 0.2) is 6.10 Å². The van der Waals surface area contributed by atoms with E-state index in [4.69, 9.17) is 39.5 Å². The van der Waals surface area contributed by atoms with Crippen LogP contribution in [0.25, 0.3) is 0 Å². The Labute approximate surface area is 194 Å². The van der Waals surface area contributed by atoms with Crippen molar-refractivity contribution in [1.29, 1.82) is 0 Å². The first-order valence-corrected chi connectivity index (χ1v) is 11.6. The Morgan fingerprint density at radius 1 is 0.968 bits per heavy atom. The minimum absolute atomic E-state index is 0.0495. The van der Waals surface area contributed by atoms with Gasteiger partial charge in [0.1, 0.15) is 5.75 Å². The van der Waals surface area contributed by atoms with Crippen LogP contribution in [0.3, 0.4) is 0 Å². The first kappa shape index (κ1) is 21.8. The van der Waals surface area contributed by atoms with E-state index in [9.17, 15) is 13.2 Å². The largest absolute Gasteiger partial charge is 0.476 e. The fourth-order valence-corrected chi connectivity index (χ4v) is 5.16. The van der Waals surface area contributed by atoms with Crippen molar-refractivity contribution < 1.29 is 17.9 Å². The number of halogens is 3. The number of ether oxygens (including phenoxy) is 1. The number of para-hydroxylation sites is 2. The first-order chi connectivity index (χ1) is 14.8. The summed E-state index contributed by atoms with van der Waals surface area (Å²) >= 11 is 17.9. The number of anilines is 2. The van der Waals surface area contributed by atoms with E-state index < -0.39 is 22.0 Å². The lowest BCUT2D eigenvalue weighted by Crippen LogP contribution is -2.48. The zero-order valence-electron chi connectivity index (χ0n) is 15.8. The molecule has 0 spiro atoms. The van der Waals surface area contributed by atoms with E-state index in [0.29, 0.717) is 21.4 Å². The number of amides is 1. The summed E-state index contributed by atoms with van der Waals surface area (Å²) in [4.78, 5) is 13.0. The van der Waals surface area contributed by atoms with Crippen molar-refractivity contribution in [3.05, 3.63) is 81.8 Å². The van der Waals surface area contributed by atoms with Gasteiger partial charge in [-0.1, -0.05) is 46.9 Å². The molecule has 1 heterocycles. The van der Waals surface area contributed by atoms with Crippen LogP contribution in [-0.2, 0) is 14.8 Å². The normalized spacial score (nSPS) is 15.7. The molecule has 3 aromatic rings. The lowest BCUT2D eigenvalue weighted by atomic mass is 10.2. The highest BCUT2D eigenvalue weighted by Gasteiger charge is 2.37. The third kappa shape index (κ3) is 4.45. The molecular weight excluding hydrogens is 483 g/mol. The van der Waals surface area contributed by atoms with Crippen LogP contribution in [0.2, 0.25) is 15.1 Å². The summed E-state index contributed by atoms with van der Waals surface area (Å²) in [7, 11) is -3.97. The molecule has 1 atom stereocenters. The molecule has 31 heavy (non-hydrogen) atoms. The quantitative estimate of drug-likeness (QED) is 0.535. The predicted octanol–water partition coefficient (Wildman–Crippen LogP) is 5.24. The van der Waals surface area contributed by atoms with Crippen molar-refractivity contribution in [3.8, 4) is 5.75 Å². The minimum Gasteiger partial charge on any atom is -0.476 e. The second-order valence-electron chi connectivity index (χ2n) is 6.68. The van der Waals surface area contributed by atoms with E-state index in [1.165, 1.54) is 30.3 Å². The molecule has 4 rings (SSSR count). The highest BCUT2D eigenvalue weighted by atomic mass is 35.5. The van der Waals surface area contributed by atoms with Crippen LogP contribution in [0.4, 0.5) is 11.4 Å². The van der Waals surface area contributed by atoms with Gasteiger partial charge in [0.05, 0.1) is 27.8 Å². The van der Waals surface area contributed by atoms with E-state index in [1.807, 2.05) is 0 Å². The molecule has 1 aliphatic rings. The van der Waals surface area contributed by atoms with E-state index in [2.05, 4.69) is 5.32 Å². The van der Waals surface area contributed by atoms with Crippen LogP contribution in [0.15, 0.2) is 71.6 Å². The average molecular weight is 498 g/mol. The zero-order valence-corrected chi connectivity index (χ0v) is 18.8. The summed E-state index contributed by atoms with van der Waals surface area (Å²) in [5.74, 6) is -0.274. The van der Waals surface area contributed by atoms with Crippen molar-refractivity contribution in [2.75, 3.05) is 16.2 Å². The number of rotatable bonds is 4. The molecule has 1 N–H and O–H groups in total. The number of carbonyl (C=O) groups excluding carboxylic acids is 1. The van der Waals surface area contributed by atoms with Crippen LogP contribution in [0.1, 0.15) is 0 Å². The molecule has 10 heteroatoms. The molecule has 0 aromatic heterocycles. The second kappa shape index (κ2) is 8.59. The molecule has 0 bridgehead atoms. The molecule has 1 aliphatic heterocycles. The first-order valence-electron chi connectivity index (χ1n) is 9.05. The van der Waals surface area contributed by atoms with E-state index in [0.717, 1.165) is 4.31 Å². The molecule has 0 fully saturated rings. The zero-order chi connectivity index (χ0) is 22.2. The van der Waals surface area contributed by atoms with Crippen LogP contribution in [0.5, 0.6) is 5.75 Å². The van der Waals surface area contributed by atoms with Gasteiger partial charge in [0.25, 0.3) is 15.9 Å². The third-order valence-electron chi connectivity index (χ3n) is 4.62. The van der Waals surface area contributed by atoms with Gasteiger partial charge in [-0.05, 0) is 54.6 Å². The molecule has 0 saturated carbocycles. The van der Waals surface area contributed by atoms with Gasteiger partial charge in [-0.15, -0.1) is 0 Å². The highest BCUT2D eigenvalue weighted by Crippen LogP contribution is 2.37. The second-order valence-corrected chi connectivity index (χ2v) is 9.82. The van der Waals surface area contributed by atoms with Crippen LogP contribution in [0, 0.1) is 0 Å². The van der Waals surface area contributed by atoms with Crippen molar-refractivity contribution in [2.45, 2.75) is 11.0 Å². The van der Waals surface area contributed by atoms with Crippen LogP contribution >= 0.6 is 34.8 Å². The van der Waals surface area contributed by atoms with Crippen LogP contribution in [-0.4, -0.2) is 27.0 Å². The fraction of sp³-hybridized carbons (Fsp3) is 0.0952. The van der Waals surface area contributed by atoms with Gasteiger partial charge in [-0.3, -0.25) is 9.10 Å². The highest BCUT2D eigenvalue weighted by molar-refractivity contribution is 7.92. The smallest absolute Gasteiger partial charge is 0.267 e. The van der Waals surface area contributed by atoms with Crippen molar-refractivity contribution in [2.24, 2.45) is 0 Å². The molecule has 0 radical (unpaired) electrons. The Morgan fingerprint density at radius 2 is 1.65 bits per heavy atom. The Hall–Kier alpha value is -2.45. The van der Waals surface area contributed by atoms with Gasteiger partial charge >= 0.3 is 0 Å².